The molecule has 0 radical (unpaired) electrons. The highest BCUT2D eigenvalue weighted by Gasteiger charge is 2.06. The molecule has 0 fully saturated rings. The second-order valence-electron chi connectivity index (χ2n) is 2.53. The minimum absolute atomic E-state index is 0.890. The van der Waals surface area contributed by atoms with Gasteiger partial charge in [0.2, 0.25) is 25.5 Å². The van der Waals surface area contributed by atoms with Gasteiger partial charge in [0.1, 0.15) is 0 Å². The maximum atomic E-state index is 4.91. The van der Waals surface area contributed by atoms with E-state index in [4.69, 9.17) is 8.83 Å². The Morgan fingerprint density at radius 2 is 1.33 bits per heavy atom. The van der Waals surface area contributed by atoms with E-state index >= 15 is 0 Å². The average molecular weight is 166 g/mol. The van der Waals surface area contributed by atoms with Crippen molar-refractivity contribution in [2.24, 2.45) is 0 Å². The number of hydrogen-bond donors (Lipinski definition) is 0. The van der Waals surface area contributed by atoms with Crippen LogP contribution in [0.5, 0.6) is 0 Å². The third-order valence-electron chi connectivity index (χ3n) is 1.67. The molecule has 0 aliphatic heterocycles. The fraction of sp³-hybridized carbons (Fsp3) is 0.250. The van der Waals surface area contributed by atoms with Crippen molar-refractivity contribution in [3.8, 4) is 0 Å². The molecule has 4 nitrogen and oxygen atoms in total. The molecule has 0 amide bonds. The van der Waals surface area contributed by atoms with Gasteiger partial charge in [0.15, 0.2) is 12.5 Å². The SMILES string of the molecule is c1c[n+](CC[n+]2ccoc2)co1. The molecule has 0 N–H and O–H groups in total. The van der Waals surface area contributed by atoms with Gasteiger partial charge in [-0.15, -0.1) is 0 Å². The van der Waals surface area contributed by atoms with E-state index in [9.17, 15) is 0 Å². The molecule has 4 heteroatoms. The van der Waals surface area contributed by atoms with Crippen molar-refractivity contribution >= 4 is 0 Å². The Balaban J connectivity index is 1.91. The van der Waals surface area contributed by atoms with Crippen molar-refractivity contribution in [2.75, 3.05) is 0 Å². The molecule has 0 atom stereocenters. The van der Waals surface area contributed by atoms with Crippen LogP contribution in [-0.2, 0) is 13.1 Å². The largest absolute Gasteiger partial charge is 0.412 e. The van der Waals surface area contributed by atoms with Crippen molar-refractivity contribution in [3.63, 3.8) is 0 Å². The summed E-state index contributed by atoms with van der Waals surface area (Å²) in [5, 5.41) is 0. The maximum absolute atomic E-state index is 4.91. The summed E-state index contributed by atoms with van der Waals surface area (Å²) in [6.45, 7) is 1.78. The molecule has 2 aromatic heterocycles. The number of aryl methyl sites for hydroxylation is 2. The Morgan fingerprint density at radius 3 is 1.67 bits per heavy atom. The van der Waals surface area contributed by atoms with Crippen molar-refractivity contribution in [2.45, 2.75) is 13.1 Å². The van der Waals surface area contributed by atoms with Gasteiger partial charge in [-0.3, -0.25) is 0 Å². The standard InChI is InChI=1S/C8H10N2O2/c1(9-3-5-11-7-9)2-10-4-6-12-8-10/h3-8H,1-2H2/q+2. The van der Waals surface area contributed by atoms with E-state index < -0.39 is 0 Å². The van der Waals surface area contributed by atoms with E-state index in [0.717, 1.165) is 13.1 Å². The average Bonchev–Trinajstić information content (AvgIpc) is 2.74. The van der Waals surface area contributed by atoms with Gasteiger partial charge in [0, 0.05) is 0 Å². The smallest absolute Gasteiger partial charge is 0.334 e. The Labute approximate surface area is 69.7 Å². The highest BCUT2D eigenvalue weighted by molar-refractivity contribution is 4.47. The molecule has 0 aromatic carbocycles. The summed E-state index contributed by atoms with van der Waals surface area (Å²) in [7, 11) is 0. The highest BCUT2D eigenvalue weighted by Crippen LogP contribution is 1.79. The van der Waals surface area contributed by atoms with E-state index in [0.29, 0.717) is 0 Å². The Kier molecular flexibility index (Phi) is 1.90. The minimum atomic E-state index is 0.890. The quantitative estimate of drug-likeness (QED) is 0.608. The number of hydrogen-bond acceptors (Lipinski definition) is 2. The number of nitrogens with zero attached hydrogens (tertiary/aromatic N) is 2. The molecule has 0 bridgehead atoms. The summed E-state index contributed by atoms with van der Waals surface area (Å²) < 4.78 is 13.8. The predicted octanol–water partition coefficient (Wildman–Crippen LogP) is 0.148. The fourth-order valence-electron chi connectivity index (χ4n) is 1.01. The molecule has 0 aliphatic rings. The van der Waals surface area contributed by atoms with Crippen LogP contribution in [0.15, 0.2) is 46.5 Å². The zero-order chi connectivity index (χ0) is 8.23. The van der Waals surface area contributed by atoms with Gasteiger partial charge in [-0.05, 0) is 0 Å². The van der Waals surface area contributed by atoms with Gasteiger partial charge in [0.05, 0.1) is 0 Å². The number of oxazole rings is 2. The molecule has 2 rings (SSSR count). The molecule has 0 saturated carbocycles. The first-order valence-corrected chi connectivity index (χ1v) is 3.77. The van der Waals surface area contributed by atoms with Crippen molar-refractivity contribution < 1.29 is 18.0 Å². The lowest BCUT2D eigenvalue weighted by molar-refractivity contribution is -0.780. The zero-order valence-electron chi connectivity index (χ0n) is 6.59. The summed E-state index contributed by atoms with van der Waals surface area (Å²) in [6.07, 6.45) is 10.4. The Morgan fingerprint density at radius 1 is 0.833 bits per heavy atom. The van der Waals surface area contributed by atoms with E-state index in [1.807, 2.05) is 21.5 Å². The van der Waals surface area contributed by atoms with Gasteiger partial charge in [-0.25, -0.2) is 0 Å². The molecule has 62 valence electrons. The summed E-state index contributed by atoms with van der Waals surface area (Å²) in [4.78, 5) is 0. The van der Waals surface area contributed by atoms with E-state index in [-0.39, 0.29) is 0 Å². The summed E-state index contributed by atoms with van der Waals surface area (Å²) in [6, 6.07) is 0. The summed E-state index contributed by atoms with van der Waals surface area (Å²) in [5.74, 6) is 0. The monoisotopic (exact) mass is 166 g/mol. The zero-order valence-corrected chi connectivity index (χ0v) is 6.59. The Hall–Kier alpha value is -1.58. The van der Waals surface area contributed by atoms with Crippen molar-refractivity contribution in [1.82, 2.24) is 0 Å². The second kappa shape index (κ2) is 3.21. The molecular formula is C8H10N2O2+2. The molecule has 2 aromatic rings. The van der Waals surface area contributed by atoms with Crippen LogP contribution in [0.3, 0.4) is 0 Å². The van der Waals surface area contributed by atoms with E-state index in [1.54, 1.807) is 25.3 Å². The lowest BCUT2D eigenvalue weighted by atomic mass is 10.6. The van der Waals surface area contributed by atoms with Crippen LogP contribution in [-0.4, -0.2) is 0 Å². The fourth-order valence-corrected chi connectivity index (χ4v) is 1.01. The Bertz CT molecular complexity index is 278. The maximum Gasteiger partial charge on any atom is 0.334 e. The van der Waals surface area contributed by atoms with Crippen molar-refractivity contribution in [1.29, 1.82) is 0 Å². The van der Waals surface area contributed by atoms with Gasteiger partial charge in [-0.1, -0.05) is 0 Å². The lowest BCUT2D eigenvalue weighted by Crippen LogP contribution is -2.41. The first kappa shape index (κ1) is 7.09. The van der Waals surface area contributed by atoms with Crippen LogP contribution >= 0.6 is 0 Å². The molecule has 12 heavy (non-hydrogen) atoms. The van der Waals surface area contributed by atoms with Gasteiger partial charge >= 0.3 is 12.8 Å². The molecule has 2 heterocycles. The van der Waals surface area contributed by atoms with E-state index in [1.165, 1.54) is 0 Å². The first-order valence-electron chi connectivity index (χ1n) is 3.77. The predicted molar refractivity (Wildman–Crippen MR) is 37.8 cm³/mol. The third-order valence-corrected chi connectivity index (χ3v) is 1.67. The summed E-state index contributed by atoms with van der Waals surface area (Å²) >= 11 is 0. The second-order valence-corrected chi connectivity index (χ2v) is 2.53. The van der Waals surface area contributed by atoms with Crippen LogP contribution in [0.2, 0.25) is 0 Å². The molecule has 0 spiro atoms. The van der Waals surface area contributed by atoms with Crippen LogP contribution < -0.4 is 9.13 Å². The van der Waals surface area contributed by atoms with Gasteiger partial charge < -0.3 is 8.83 Å². The van der Waals surface area contributed by atoms with Crippen LogP contribution in [0.1, 0.15) is 0 Å². The first-order chi connectivity index (χ1) is 5.95. The van der Waals surface area contributed by atoms with Crippen molar-refractivity contribution in [3.05, 3.63) is 37.7 Å². The van der Waals surface area contributed by atoms with E-state index in [2.05, 4.69) is 0 Å². The molecule has 0 saturated heterocycles. The minimum Gasteiger partial charge on any atom is -0.412 e. The van der Waals surface area contributed by atoms with Gasteiger partial charge in [0.25, 0.3) is 0 Å². The number of aromatic nitrogens is 2. The molecule has 0 aliphatic carbocycles. The third kappa shape index (κ3) is 1.53. The topological polar surface area (TPSA) is 34.0 Å². The molecule has 0 unspecified atom stereocenters. The van der Waals surface area contributed by atoms with Crippen LogP contribution in [0.4, 0.5) is 0 Å². The highest BCUT2D eigenvalue weighted by atomic mass is 16.3. The van der Waals surface area contributed by atoms with Crippen LogP contribution in [0.25, 0.3) is 0 Å². The number of rotatable bonds is 3. The lowest BCUT2D eigenvalue weighted by Gasteiger charge is -1.84. The molecular weight excluding hydrogens is 156 g/mol. The normalized spacial score (nSPS) is 10.3. The van der Waals surface area contributed by atoms with Gasteiger partial charge in [-0.2, -0.15) is 9.13 Å². The van der Waals surface area contributed by atoms with Crippen LogP contribution in [0, 0.1) is 0 Å². The summed E-state index contributed by atoms with van der Waals surface area (Å²) in [5.41, 5.74) is 0.